The Morgan fingerprint density at radius 3 is 2.84 bits per heavy atom. The number of nitrogens with one attached hydrogen (secondary N) is 1. The van der Waals surface area contributed by atoms with Crippen molar-refractivity contribution in [3.63, 3.8) is 0 Å². The fourth-order valence-corrected chi connectivity index (χ4v) is 1.91. The third-order valence-electron chi connectivity index (χ3n) is 2.75. The molecule has 0 radical (unpaired) electrons. The summed E-state index contributed by atoms with van der Waals surface area (Å²) in [5.41, 5.74) is 0.893. The predicted octanol–water partition coefficient (Wildman–Crippen LogP) is 3.12. The third-order valence-corrected chi connectivity index (χ3v) is 2.75. The first kappa shape index (κ1) is 15.6. The summed E-state index contributed by atoms with van der Waals surface area (Å²) in [6, 6.07) is 1.92. The van der Waals surface area contributed by atoms with E-state index in [0.29, 0.717) is 12.6 Å². The molecule has 1 N–H and O–H groups in total. The summed E-state index contributed by atoms with van der Waals surface area (Å²) < 4.78 is 13.4. The molecule has 1 rings (SSSR count). The lowest BCUT2D eigenvalue weighted by Crippen LogP contribution is -2.29. The number of anilines is 1. The lowest BCUT2D eigenvalue weighted by molar-refractivity contribution is 0.576. The molecule has 0 aliphatic heterocycles. The maximum atomic E-state index is 13.4. The van der Waals surface area contributed by atoms with Gasteiger partial charge in [0.1, 0.15) is 11.6 Å². The second-order valence-electron chi connectivity index (χ2n) is 4.91. The van der Waals surface area contributed by atoms with Crippen LogP contribution in [0.15, 0.2) is 24.9 Å². The average molecular weight is 265 g/mol. The van der Waals surface area contributed by atoms with Gasteiger partial charge in [0.25, 0.3) is 0 Å². The quantitative estimate of drug-likeness (QED) is 0.732. The van der Waals surface area contributed by atoms with Gasteiger partial charge in [0.15, 0.2) is 0 Å². The molecule has 0 aliphatic rings. The minimum absolute atomic E-state index is 0.292. The van der Waals surface area contributed by atoms with Crippen molar-refractivity contribution >= 4 is 5.82 Å². The van der Waals surface area contributed by atoms with Crippen molar-refractivity contribution in [3.05, 3.63) is 36.3 Å². The molecular formula is C15H24FN3. The monoisotopic (exact) mass is 265 g/mol. The molecule has 1 aromatic rings. The average Bonchev–Trinajstić information content (AvgIpc) is 2.36. The van der Waals surface area contributed by atoms with Crippen LogP contribution in [0.4, 0.5) is 10.2 Å². The van der Waals surface area contributed by atoms with Crippen LogP contribution in [0.25, 0.3) is 0 Å². The molecule has 0 fully saturated rings. The largest absolute Gasteiger partial charge is 0.353 e. The number of aromatic nitrogens is 1. The second kappa shape index (κ2) is 7.89. The Kier molecular flexibility index (Phi) is 6.50. The predicted molar refractivity (Wildman–Crippen MR) is 78.9 cm³/mol. The molecule has 19 heavy (non-hydrogen) atoms. The zero-order valence-corrected chi connectivity index (χ0v) is 12.1. The molecule has 0 spiro atoms. The van der Waals surface area contributed by atoms with Crippen molar-refractivity contribution in [1.82, 2.24) is 10.3 Å². The van der Waals surface area contributed by atoms with Crippen molar-refractivity contribution in [3.8, 4) is 0 Å². The SMILES string of the molecule is C=CCN(CCC)c1ncc(F)cc1CNC(C)C. The Hall–Kier alpha value is -1.42. The molecule has 0 bridgehead atoms. The van der Waals surface area contributed by atoms with Gasteiger partial charge in [-0.15, -0.1) is 6.58 Å². The normalized spacial score (nSPS) is 10.8. The molecule has 1 heterocycles. The molecule has 4 heteroatoms. The van der Waals surface area contributed by atoms with Crippen molar-refractivity contribution in [2.24, 2.45) is 0 Å². The Morgan fingerprint density at radius 1 is 1.53 bits per heavy atom. The van der Waals surface area contributed by atoms with Crippen LogP contribution in [0.3, 0.4) is 0 Å². The van der Waals surface area contributed by atoms with Gasteiger partial charge in [-0.25, -0.2) is 9.37 Å². The lowest BCUT2D eigenvalue weighted by atomic mass is 10.2. The maximum Gasteiger partial charge on any atom is 0.141 e. The fraction of sp³-hybridized carbons (Fsp3) is 0.533. The lowest BCUT2D eigenvalue weighted by Gasteiger charge is -2.24. The van der Waals surface area contributed by atoms with Crippen LogP contribution in [-0.4, -0.2) is 24.1 Å². The molecule has 0 aromatic carbocycles. The van der Waals surface area contributed by atoms with Gasteiger partial charge in [-0.3, -0.25) is 0 Å². The highest BCUT2D eigenvalue weighted by Crippen LogP contribution is 2.19. The summed E-state index contributed by atoms with van der Waals surface area (Å²) in [5.74, 6) is 0.552. The number of hydrogen-bond donors (Lipinski definition) is 1. The van der Waals surface area contributed by atoms with Crippen LogP contribution in [0.5, 0.6) is 0 Å². The van der Waals surface area contributed by atoms with E-state index in [2.05, 4.69) is 42.6 Å². The topological polar surface area (TPSA) is 28.2 Å². The van der Waals surface area contributed by atoms with Crippen molar-refractivity contribution < 1.29 is 4.39 Å². The maximum absolute atomic E-state index is 13.4. The summed E-state index contributed by atoms with van der Waals surface area (Å²) in [6.07, 6.45) is 4.14. The molecule has 0 unspecified atom stereocenters. The molecule has 1 aromatic heterocycles. The van der Waals surface area contributed by atoms with E-state index in [4.69, 9.17) is 0 Å². The van der Waals surface area contributed by atoms with Crippen LogP contribution in [0, 0.1) is 5.82 Å². The van der Waals surface area contributed by atoms with Crippen LogP contribution in [-0.2, 0) is 6.54 Å². The minimum Gasteiger partial charge on any atom is -0.353 e. The van der Waals surface area contributed by atoms with Gasteiger partial charge in [-0.1, -0.05) is 26.8 Å². The Labute approximate surface area is 115 Å². The number of hydrogen-bond acceptors (Lipinski definition) is 3. The van der Waals surface area contributed by atoms with E-state index < -0.39 is 0 Å². The van der Waals surface area contributed by atoms with E-state index in [0.717, 1.165) is 30.9 Å². The molecule has 3 nitrogen and oxygen atoms in total. The van der Waals surface area contributed by atoms with Gasteiger partial charge in [0, 0.05) is 31.2 Å². The van der Waals surface area contributed by atoms with Crippen LogP contribution in [0.2, 0.25) is 0 Å². The Morgan fingerprint density at radius 2 is 2.26 bits per heavy atom. The summed E-state index contributed by atoms with van der Waals surface area (Å²) in [5, 5.41) is 3.31. The third kappa shape index (κ3) is 4.99. The number of rotatable bonds is 8. The number of nitrogens with zero attached hydrogens (tertiary/aromatic N) is 2. The smallest absolute Gasteiger partial charge is 0.141 e. The Balaban J connectivity index is 2.98. The van der Waals surface area contributed by atoms with Crippen LogP contribution in [0.1, 0.15) is 32.8 Å². The van der Waals surface area contributed by atoms with Crippen LogP contribution < -0.4 is 10.2 Å². The highest BCUT2D eigenvalue weighted by Gasteiger charge is 2.12. The van der Waals surface area contributed by atoms with Gasteiger partial charge in [0.05, 0.1) is 6.20 Å². The van der Waals surface area contributed by atoms with E-state index >= 15 is 0 Å². The second-order valence-corrected chi connectivity index (χ2v) is 4.91. The molecule has 0 saturated carbocycles. The number of pyridine rings is 1. The van der Waals surface area contributed by atoms with Crippen molar-refractivity contribution in [1.29, 1.82) is 0 Å². The van der Waals surface area contributed by atoms with Crippen LogP contribution >= 0.6 is 0 Å². The standard InChI is InChI=1S/C15H24FN3/c1-5-7-19(8-6-2)15-13(10-17-12(3)4)9-14(16)11-18-15/h5,9,11-12,17H,1,6-8,10H2,2-4H3. The van der Waals surface area contributed by atoms with E-state index in [1.807, 2.05) is 6.08 Å². The van der Waals surface area contributed by atoms with E-state index in [-0.39, 0.29) is 5.82 Å². The van der Waals surface area contributed by atoms with Gasteiger partial charge in [-0.05, 0) is 12.5 Å². The highest BCUT2D eigenvalue weighted by atomic mass is 19.1. The molecule has 0 atom stereocenters. The van der Waals surface area contributed by atoms with Crippen molar-refractivity contribution in [2.75, 3.05) is 18.0 Å². The van der Waals surface area contributed by atoms with Gasteiger partial charge < -0.3 is 10.2 Å². The summed E-state index contributed by atoms with van der Waals surface area (Å²) in [4.78, 5) is 6.39. The fourth-order valence-electron chi connectivity index (χ4n) is 1.91. The molecular weight excluding hydrogens is 241 g/mol. The molecule has 0 aliphatic carbocycles. The minimum atomic E-state index is -0.292. The van der Waals surface area contributed by atoms with Gasteiger partial charge >= 0.3 is 0 Å². The molecule has 0 amide bonds. The van der Waals surface area contributed by atoms with E-state index in [1.165, 1.54) is 6.20 Å². The zero-order chi connectivity index (χ0) is 14.3. The first-order valence-corrected chi connectivity index (χ1v) is 6.82. The van der Waals surface area contributed by atoms with E-state index in [9.17, 15) is 4.39 Å². The van der Waals surface area contributed by atoms with Crippen molar-refractivity contribution in [2.45, 2.75) is 39.8 Å². The zero-order valence-electron chi connectivity index (χ0n) is 12.1. The highest BCUT2D eigenvalue weighted by molar-refractivity contribution is 5.47. The summed E-state index contributed by atoms with van der Waals surface area (Å²) >= 11 is 0. The molecule has 0 saturated heterocycles. The van der Waals surface area contributed by atoms with Gasteiger partial charge in [-0.2, -0.15) is 0 Å². The first-order valence-electron chi connectivity index (χ1n) is 6.82. The summed E-state index contributed by atoms with van der Waals surface area (Å²) in [6.45, 7) is 12.3. The summed E-state index contributed by atoms with van der Waals surface area (Å²) in [7, 11) is 0. The molecule has 106 valence electrons. The Bertz CT molecular complexity index is 404. The first-order chi connectivity index (χ1) is 9.08. The van der Waals surface area contributed by atoms with E-state index in [1.54, 1.807) is 6.07 Å². The number of halogens is 1. The van der Waals surface area contributed by atoms with Gasteiger partial charge in [0.2, 0.25) is 0 Å².